The number of hydrogen-bond acceptors (Lipinski definition) is 5. The van der Waals surface area contributed by atoms with Gasteiger partial charge in [0.25, 0.3) is 0 Å². The maximum Gasteiger partial charge on any atom is 0.222 e. The van der Waals surface area contributed by atoms with Gasteiger partial charge in [-0.3, -0.25) is 4.79 Å². The second-order valence-corrected chi connectivity index (χ2v) is 11.0. The number of hydrogen-bond donors (Lipinski definition) is 0. The number of likely N-dealkylation sites (tertiary alicyclic amines) is 1. The summed E-state index contributed by atoms with van der Waals surface area (Å²) in [5.74, 6) is 2.72. The van der Waals surface area contributed by atoms with Crippen LogP contribution in [0.4, 0.5) is 0 Å². The summed E-state index contributed by atoms with van der Waals surface area (Å²) in [4.78, 5) is 20.5. The summed E-state index contributed by atoms with van der Waals surface area (Å²) in [5.41, 5.74) is 6.53. The monoisotopic (exact) mass is 528 g/mol. The smallest absolute Gasteiger partial charge is 0.222 e. The zero-order valence-electron chi connectivity index (χ0n) is 23.7. The van der Waals surface area contributed by atoms with E-state index in [0.717, 1.165) is 85.8 Å². The Morgan fingerprint density at radius 2 is 1.95 bits per heavy atom. The van der Waals surface area contributed by atoms with E-state index < -0.39 is 0 Å². The lowest BCUT2D eigenvalue weighted by atomic mass is 9.93. The summed E-state index contributed by atoms with van der Waals surface area (Å²) >= 11 is 0. The third kappa shape index (κ3) is 6.09. The van der Waals surface area contributed by atoms with Gasteiger partial charge in [-0.2, -0.15) is 0 Å². The summed E-state index contributed by atoms with van der Waals surface area (Å²) in [5, 5.41) is 4.07. The first-order valence-electron chi connectivity index (χ1n) is 14.2. The molecule has 0 bridgehead atoms. The summed E-state index contributed by atoms with van der Waals surface area (Å²) in [7, 11) is 1.74. The first-order chi connectivity index (χ1) is 18.9. The van der Waals surface area contributed by atoms with Gasteiger partial charge in [0.2, 0.25) is 5.91 Å². The van der Waals surface area contributed by atoms with Crippen LogP contribution in [0.5, 0.6) is 0 Å². The summed E-state index contributed by atoms with van der Waals surface area (Å²) in [6, 6.07) is 16.9. The number of methoxy groups -OCH3 is 1. The number of para-hydroxylation sites is 2. The molecule has 1 aliphatic rings. The molecule has 1 fully saturated rings. The van der Waals surface area contributed by atoms with Gasteiger partial charge in [-0.15, -0.1) is 0 Å². The number of imidazole rings is 1. The number of fused-ring (bicyclic) bond motifs is 1. The van der Waals surface area contributed by atoms with Gasteiger partial charge in [-0.25, -0.2) is 4.98 Å². The van der Waals surface area contributed by atoms with Crippen molar-refractivity contribution in [3.63, 3.8) is 0 Å². The molecule has 0 radical (unpaired) electrons. The van der Waals surface area contributed by atoms with E-state index in [9.17, 15) is 4.79 Å². The molecule has 0 unspecified atom stereocenters. The van der Waals surface area contributed by atoms with E-state index in [1.807, 2.05) is 19.9 Å². The zero-order chi connectivity index (χ0) is 27.4. The zero-order valence-corrected chi connectivity index (χ0v) is 23.7. The van der Waals surface area contributed by atoms with Crippen LogP contribution >= 0.6 is 0 Å². The van der Waals surface area contributed by atoms with Crippen molar-refractivity contribution in [3.05, 3.63) is 71.4 Å². The van der Waals surface area contributed by atoms with Crippen LogP contribution in [0.3, 0.4) is 0 Å². The van der Waals surface area contributed by atoms with E-state index in [1.165, 1.54) is 11.1 Å². The number of amides is 1. The third-order valence-corrected chi connectivity index (χ3v) is 7.94. The van der Waals surface area contributed by atoms with Crippen molar-refractivity contribution in [1.82, 2.24) is 19.6 Å². The van der Waals surface area contributed by atoms with Gasteiger partial charge in [-0.05, 0) is 68.7 Å². The molecule has 7 nitrogen and oxygen atoms in total. The Morgan fingerprint density at radius 1 is 1.15 bits per heavy atom. The molecule has 1 saturated heterocycles. The van der Waals surface area contributed by atoms with Crippen LogP contribution in [0, 0.1) is 19.8 Å². The van der Waals surface area contributed by atoms with Gasteiger partial charge in [-0.1, -0.05) is 48.5 Å². The number of carbonyl (C=O) groups is 1. The average molecular weight is 529 g/mol. The number of carbonyl (C=O) groups excluding carboxylic acids is 1. The highest BCUT2D eigenvalue weighted by molar-refractivity contribution is 5.77. The summed E-state index contributed by atoms with van der Waals surface area (Å²) in [6.45, 7) is 9.26. The van der Waals surface area contributed by atoms with Crippen LogP contribution in [0.1, 0.15) is 61.4 Å². The topological polar surface area (TPSA) is 73.4 Å². The lowest BCUT2D eigenvalue weighted by Gasteiger charge is -2.33. The molecule has 0 spiro atoms. The molecule has 1 amide bonds. The van der Waals surface area contributed by atoms with Crippen molar-refractivity contribution in [3.8, 4) is 11.1 Å². The van der Waals surface area contributed by atoms with Gasteiger partial charge in [0.05, 0.1) is 16.7 Å². The van der Waals surface area contributed by atoms with E-state index >= 15 is 0 Å². The van der Waals surface area contributed by atoms with Gasteiger partial charge in [0.15, 0.2) is 0 Å². The number of aromatic nitrogens is 3. The standard InChI is InChI=1S/C32H40N4O3/c1-22(19-25-12-14-26(15-13-25)31-23(2)34-39-24(31)3)20-30(37)35-16-7-9-27(21-35)32-33-28-10-5-6-11-29(28)36(32)17-8-18-38-4/h5-6,10-15,22,27H,7-9,16-21H2,1-4H3/t22-,27-/m1/s1. The Balaban J connectivity index is 1.22. The Hall–Kier alpha value is -3.45. The Morgan fingerprint density at radius 3 is 2.69 bits per heavy atom. The van der Waals surface area contributed by atoms with Gasteiger partial charge < -0.3 is 18.7 Å². The van der Waals surface area contributed by atoms with E-state index in [1.54, 1.807) is 7.11 Å². The highest BCUT2D eigenvalue weighted by atomic mass is 16.5. The molecule has 39 heavy (non-hydrogen) atoms. The molecule has 206 valence electrons. The van der Waals surface area contributed by atoms with E-state index in [4.69, 9.17) is 14.2 Å². The van der Waals surface area contributed by atoms with Crippen LogP contribution in [0.15, 0.2) is 53.1 Å². The van der Waals surface area contributed by atoms with Crippen molar-refractivity contribution in [2.24, 2.45) is 5.92 Å². The van der Waals surface area contributed by atoms with E-state index in [-0.39, 0.29) is 17.7 Å². The fraction of sp³-hybridized carbons (Fsp3) is 0.469. The number of aryl methyl sites for hydroxylation is 3. The first-order valence-corrected chi connectivity index (χ1v) is 14.2. The number of benzene rings is 2. The maximum atomic E-state index is 13.4. The molecule has 3 heterocycles. The molecule has 0 saturated carbocycles. The first kappa shape index (κ1) is 27.1. The van der Waals surface area contributed by atoms with Crippen LogP contribution in [-0.4, -0.2) is 52.3 Å². The lowest BCUT2D eigenvalue weighted by molar-refractivity contribution is -0.133. The Bertz CT molecular complexity index is 1390. The summed E-state index contributed by atoms with van der Waals surface area (Å²) in [6.07, 6.45) is 4.44. The summed E-state index contributed by atoms with van der Waals surface area (Å²) < 4.78 is 13.0. The van der Waals surface area contributed by atoms with E-state index in [0.29, 0.717) is 6.42 Å². The van der Waals surface area contributed by atoms with Gasteiger partial charge >= 0.3 is 0 Å². The van der Waals surface area contributed by atoms with Crippen molar-refractivity contribution in [2.45, 2.75) is 65.3 Å². The maximum absolute atomic E-state index is 13.4. The fourth-order valence-corrected chi connectivity index (χ4v) is 6.03. The van der Waals surface area contributed by atoms with Gasteiger partial charge in [0.1, 0.15) is 11.6 Å². The molecule has 7 heteroatoms. The molecule has 0 N–H and O–H groups in total. The molecule has 1 aliphatic heterocycles. The van der Waals surface area contributed by atoms with Crippen molar-refractivity contribution in [2.75, 3.05) is 26.8 Å². The molecule has 5 rings (SSSR count). The molecule has 2 aromatic heterocycles. The van der Waals surface area contributed by atoms with Crippen molar-refractivity contribution in [1.29, 1.82) is 0 Å². The molecule has 4 aromatic rings. The quantitative estimate of drug-likeness (QED) is 0.225. The van der Waals surface area contributed by atoms with Crippen molar-refractivity contribution < 1.29 is 14.1 Å². The van der Waals surface area contributed by atoms with E-state index in [2.05, 4.69) is 64.0 Å². The minimum Gasteiger partial charge on any atom is -0.385 e. The molecule has 2 atom stereocenters. The van der Waals surface area contributed by atoms with Crippen LogP contribution in [-0.2, 0) is 22.5 Å². The molecule has 2 aromatic carbocycles. The number of nitrogens with zero attached hydrogens (tertiary/aromatic N) is 4. The van der Waals surface area contributed by atoms with Gasteiger partial charge in [0, 0.05) is 51.3 Å². The predicted molar refractivity (Wildman–Crippen MR) is 154 cm³/mol. The molecular weight excluding hydrogens is 488 g/mol. The SMILES string of the molecule is COCCCn1c([C@@H]2CCCN(C(=O)C[C@H](C)Cc3ccc(-c4c(C)noc4C)cc3)C2)nc2ccccc21. The van der Waals surface area contributed by atoms with Crippen LogP contribution in [0.25, 0.3) is 22.2 Å². The Labute approximate surface area is 231 Å². The minimum atomic E-state index is 0.251. The van der Waals surface area contributed by atoms with Crippen molar-refractivity contribution >= 4 is 16.9 Å². The normalized spacial score (nSPS) is 16.6. The highest BCUT2D eigenvalue weighted by Crippen LogP contribution is 2.31. The van der Waals surface area contributed by atoms with Crippen LogP contribution in [0.2, 0.25) is 0 Å². The number of ether oxygens (including phenoxy) is 1. The number of piperidine rings is 1. The largest absolute Gasteiger partial charge is 0.385 e. The average Bonchev–Trinajstić information content (AvgIpc) is 3.48. The Kier molecular flexibility index (Phi) is 8.46. The molecular formula is C32H40N4O3. The second kappa shape index (κ2) is 12.2. The highest BCUT2D eigenvalue weighted by Gasteiger charge is 2.29. The van der Waals surface area contributed by atoms with Crippen LogP contribution < -0.4 is 0 Å². The minimum absolute atomic E-state index is 0.251. The fourth-order valence-electron chi connectivity index (χ4n) is 6.03. The molecule has 0 aliphatic carbocycles. The third-order valence-electron chi connectivity index (χ3n) is 7.94. The lowest BCUT2D eigenvalue weighted by Crippen LogP contribution is -2.40. The predicted octanol–water partition coefficient (Wildman–Crippen LogP) is 6.32. The number of rotatable bonds is 10. The second-order valence-electron chi connectivity index (χ2n) is 11.0.